The minimum absolute atomic E-state index is 0.241. The molecule has 1 aromatic carbocycles. The molecule has 0 amide bonds. The monoisotopic (exact) mass is 266 g/mol. The Morgan fingerprint density at radius 2 is 1.78 bits per heavy atom. The fraction of sp³-hybridized carbons (Fsp3) is 0.462. The van der Waals surface area contributed by atoms with Crippen molar-refractivity contribution in [1.29, 1.82) is 0 Å². The molecule has 1 aromatic rings. The summed E-state index contributed by atoms with van der Waals surface area (Å²) in [6, 6.07) is 8.28. The van der Waals surface area contributed by atoms with Crippen molar-refractivity contribution in [2.24, 2.45) is 11.0 Å². The SMILES string of the molecule is O=S(=O)(N/N=C/C1CCCCC1)c1ccccc1. The van der Waals surface area contributed by atoms with Crippen LogP contribution in [0.25, 0.3) is 0 Å². The van der Waals surface area contributed by atoms with Gasteiger partial charge in [0.2, 0.25) is 0 Å². The first kappa shape index (κ1) is 13.1. The smallest absolute Gasteiger partial charge is 0.200 e. The van der Waals surface area contributed by atoms with E-state index in [4.69, 9.17) is 0 Å². The van der Waals surface area contributed by atoms with Gasteiger partial charge in [0.15, 0.2) is 0 Å². The molecule has 0 heterocycles. The molecule has 0 aromatic heterocycles. The quantitative estimate of drug-likeness (QED) is 0.672. The number of nitrogens with one attached hydrogen (secondary N) is 1. The third kappa shape index (κ3) is 3.57. The standard InChI is InChI=1S/C13H18N2O2S/c16-18(17,13-9-5-2-6-10-13)15-14-11-12-7-3-1-4-8-12/h2,5-6,9-12,15H,1,3-4,7-8H2/b14-11+. The summed E-state index contributed by atoms with van der Waals surface area (Å²) in [7, 11) is -3.51. The normalized spacial score (nSPS) is 18.0. The topological polar surface area (TPSA) is 58.5 Å². The molecule has 0 radical (unpaired) electrons. The molecule has 1 aliphatic rings. The van der Waals surface area contributed by atoms with Crippen molar-refractivity contribution in [2.45, 2.75) is 37.0 Å². The van der Waals surface area contributed by atoms with Crippen molar-refractivity contribution in [1.82, 2.24) is 4.83 Å². The summed E-state index contributed by atoms with van der Waals surface area (Å²) >= 11 is 0. The lowest BCUT2D eigenvalue weighted by atomic mass is 9.90. The van der Waals surface area contributed by atoms with Gasteiger partial charge in [-0.3, -0.25) is 0 Å². The van der Waals surface area contributed by atoms with E-state index in [1.54, 1.807) is 36.5 Å². The molecule has 1 aliphatic carbocycles. The van der Waals surface area contributed by atoms with Crippen molar-refractivity contribution in [3.8, 4) is 0 Å². The highest BCUT2D eigenvalue weighted by Gasteiger charge is 2.13. The van der Waals surface area contributed by atoms with Gasteiger partial charge < -0.3 is 0 Å². The molecule has 0 aliphatic heterocycles. The Balaban J connectivity index is 1.95. The molecular formula is C13H18N2O2S. The minimum Gasteiger partial charge on any atom is -0.200 e. The van der Waals surface area contributed by atoms with Gasteiger partial charge in [-0.15, -0.1) is 0 Å². The van der Waals surface area contributed by atoms with E-state index in [0.717, 1.165) is 12.8 Å². The minimum atomic E-state index is -3.51. The maximum Gasteiger partial charge on any atom is 0.276 e. The molecule has 2 rings (SSSR count). The first-order valence-corrected chi connectivity index (χ1v) is 7.77. The number of benzene rings is 1. The molecule has 18 heavy (non-hydrogen) atoms. The van der Waals surface area contributed by atoms with Gasteiger partial charge in [0.1, 0.15) is 0 Å². The predicted molar refractivity (Wildman–Crippen MR) is 71.8 cm³/mol. The third-order valence-electron chi connectivity index (χ3n) is 3.16. The molecular weight excluding hydrogens is 248 g/mol. The van der Waals surface area contributed by atoms with Crippen molar-refractivity contribution in [3.63, 3.8) is 0 Å². The van der Waals surface area contributed by atoms with Crippen molar-refractivity contribution >= 4 is 16.2 Å². The van der Waals surface area contributed by atoms with Crippen molar-refractivity contribution < 1.29 is 8.42 Å². The van der Waals surface area contributed by atoms with Crippen LogP contribution in [-0.2, 0) is 10.0 Å². The zero-order valence-electron chi connectivity index (χ0n) is 10.2. The molecule has 1 N–H and O–H groups in total. The van der Waals surface area contributed by atoms with Crippen LogP contribution in [0.5, 0.6) is 0 Å². The zero-order chi connectivity index (χ0) is 12.8. The van der Waals surface area contributed by atoms with Crippen LogP contribution >= 0.6 is 0 Å². The van der Waals surface area contributed by atoms with Crippen LogP contribution in [0.4, 0.5) is 0 Å². The molecule has 5 heteroatoms. The highest BCUT2D eigenvalue weighted by Crippen LogP contribution is 2.21. The number of nitrogens with zero attached hydrogens (tertiary/aromatic N) is 1. The highest BCUT2D eigenvalue weighted by molar-refractivity contribution is 7.89. The molecule has 1 saturated carbocycles. The lowest BCUT2D eigenvalue weighted by Gasteiger charge is -2.16. The van der Waals surface area contributed by atoms with E-state index in [-0.39, 0.29) is 4.90 Å². The van der Waals surface area contributed by atoms with Gasteiger partial charge in [0, 0.05) is 6.21 Å². The molecule has 98 valence electrons. The van der Waals surface area contributed by atoms with E-state index in [9.17, 15) is 8.42 Å². The Hall–Kier alpha value is -1.36. The lowest BCUT2D eigenvalue weighted by Crippen LogP contribution is -2.19. The van der Waals surface area contributed by atoms with Gasteiger partial charge in [0.05, 0.1) is 4.90 Å². The van der Waals surface area contributed by atoms with E-state index < -0.39 is 10.0 Å². The highest BCUT2D eigenvalue weighted by atomic mass is 32.2. The van der Waals surface area contributed by atoms with E-state index in [1.165, 1.54) is 19.3 Å². The molecule has 4 nitrogen and oxygen atoms in total. The molecule has 0 unspecified atom stereocenters. The number of hydrogen-bond acceptors (Lipinski definition) is 3. The van der Waals surface area contributed by atoms with E-state index in [0.29, 0.717) is 5.92 Å². The number of rotatable bonds is 4. The van der Waals surface area contributed by atoms with Crippen LogP contribution in [0.15, 0.2) is 40.3 Å². The van der Waals surface area contributed by atoms with E-state index in [2.05, 4.69) is 9.93 Å². The lowest BCUT2D eigenvalue weighted by molar-refractivity contribution is 0.444. The van der Waals surface area contributed by atoms with Crippen LogP contribution < -0.4 is 4.83 Å². The van der Waals surface area contributed by atoms with Crippen molar-refractivity contribution in [2.75, 3.05) is 0 Å². The molecule has 0 saturated heterocycles. The van der Waals surface area contributed by atoms with Crippen molar-refractivity contribution in [3.05, 3.63) is 30.3 Å². The zero-order valence-corrected chi connectivity index (χ0v) is 11.1. The summed E-state index contributed by atoms with van der Waals surface area (Å²) in [5.41, 5.74) is 0. The van der Waals surface area contributed by atoms with Crippen LogP contribution in [0, 0.1) is 5.92 Å². The van der Waals surface area contributed by atoms with Gasteiger partial charge in [-0.25, -0.2) is 4.83 Å². The fourth-order valence-corrected chi connectivity index (χ4v) is 2.96. The largest absolute Gasteiger partial charge is 0.276 e. The summed E-state index contributed by atoms with van der Waals surface area (Å²) in [6.07, 6.45) is 7.65. The van der Waals surface area contributed by atoms with Gasteiger partial charge in [0.25, 0.3) is 10.0 Å². The van der Waals surface area contributed by atoms with Crippen LogP contribution in [0.2, 0.25) is 0 Å². The Morgan fingerprint density at radius 3 is 2.44 bits per heavy atom. The summed E-state index contributed by atoms with van der Waals surface area (Å²) in [5.74, 6) is 0.414. The Bertz CT molecular complexity index is 491. The van der Waals surface area contributed by atoms with E-state index in [1.807, 2.05) is 0 Å². The summed E-state index contributed by atoms with van der Waals surface area (Å²) < 4.78 is 23.7. The average Bonchev–Trinajstić information content (AvgIpc) is 2.41. The van der Waals surface area contributed by atoms with Gasteiger partial charge in [-0.1, -0.05) is 37.5 Å². The van der Waals surface area contributed by atoms with Gasteiger partial charge in [-0.05, 0) is 30.9 Å². The summed E-state index contributed by atoms with van der Waals surface area (Å²) in [4.78, 5) is 2.51. The number of hydrogen-bond donors (Lipinski definition) is 1. The summed E-state index contributed by atoms with van der Waals surface area (Å²) in [5, 5.41) is 3.88. The summed E-state index contributed by atoms with van der Waals surface area (Å²) in [6.45, 7) is 0. The number of hydrazone groups is 1. The second-order valence-electron chi connectivity index (χ2n) is 4.58. The number of sulfonamides is 1. The van der Waals surface area contributed by atoms with Gasteiger partial charge >= 0.3 is 0 Å². The first-order valence-electron chi connectivity index (χ1n) is 6.28. The Kier molecular flexibility index (Phi) is 4.36. The van der Waals surface area contributed by atoms with Crippen LogP contribution in [-0.4, -0.2) is 14.6 Å². The fourth-order valence-electron chi connectivity index (χ4n) is 2.14. The Labute approximate surface area is 108 Å². The second-order valence-corrected chi connectivity index (χ2v) is 6.24. The van der Waals surface area contributed by atoms with Crippen LogP contribution in [0.1, 0.15) is 32.1 Å². The Morgan fingerprint density at radius 1 is 1.11 bits per heavy atom. The molecule has 0 spiro atoms. The predicted octanol–water partition coefficient (Wildman–Crippen LogP) is 2.53. The third-order valence-corrected chi connectivity index (χ3v) is 4.40. The van der Waals surface area contributed by atoms with Crippen LogP contribution in [0.3, 0.4) is 0 Å². The molecule has 0 bridgehead atoms. The molecule has 0 atom stereocenters. The maximum absolute atomic E-state index is 11.8. The van der Waals surface area contributed by atoms with E-state index >= 15 is 0 Å². The maximum atomic E-state index is 11.8. The van der Waals surface area contributed by atoms with Gasteiger partial charge in [-0.2, -0.15) is 13.5 Å². The first-order chi connectivity index (χ1) is 8.68. The molecule has 1 fully saturated rings. The average molecular weight is 266 g/mol. The second kappa shape index (κ2) is 6.00.